The standard InChI is InChI=1S/C11H10BrNO4/c1-2-3-7-8(11(14)15)17-10(13-7)6-4-5-16-9(6)12/h4-5H,2-3H2,1H3,(H,14,15). The molecular weight excluding hydrogens is 290 g/mol. The number of carbonyl (C=O) groups is 1. The summed E-state index contributed by atoms with van der Waals surface area (Å²) in [5.41, 5.74) is 1.07. The number of nitrogens with zero attached hydrogens (tertiary/aromatic N) is 1. The van der Waals surface area contributed by atoms with E-state index in [9.17, 15) is 4.79 Å². The molecule has 0 radical (unpaired) electrons. The molecule has 0 saturated heterocycles. The zero-order valence-electron chi connectivity index (χ0n) is 9.07. The van der Waals surface area contributed by atoms with Crippen LogP contribution in [-0.2, 0) is 6.42 Å². The normalized spacial score (nSPS) is 10.7. The Hall–Kier alpha value is -1.56. The molecule has 0 aromatic carbocycles. The average Bonchev–Trinajstić information content (AvgIpc) is 2.84. The van der Waals surface area contributed by atoms with Crippen molar-refractivity contribution in [3.63, 3.8) is 0 Å². The van der Waals surface area contributed by atoms with E-state index in [2.05, 4.69) is 20.9 Å². The van der Waals surface area contributed by atoms with E-state index in [1.165, 1.54) is 6.26 Å². The molecule has 0 fully saturated rings. The molecule has 0 bridgehead atoms. The van der Waals surface area contributed by atoms with Gasteiger partial charge in [-0.3, -0.25) is 0 Å². The highest BCUT2D eigenvalue weighted by molar-refractivity contribution is 9.10. The number of carboxylic acid groups (broad SMARTS) is 1. The van der Waals surface area contributed by atoms with E-state index in [1.807, 2.05) is 6.92 Å². The number of aromatic nitrogens is 1. The van der Waals surface area contributed by atoms with E-state index < -0.39 is 5.97 Å². The molecule has 0 atom stereocenters. The Balaban J connectivity index is 2.47. The van der Waals surface area contributed by atoms with Crippen LogP contribution in [0.25, 0.3) is 11.5 Å². The van der Waals surface area contributed by atoms with Crippen molar-refractivity contribution in [1.29, 1.82) is 0 Å². The van der Waals surface area contributed by atoms with Gasteiger partial charge in [-0.1, -0.05) is 13.3 Å². The number of rotatable bonds is 4. The molecule has 90 valence electrons. The first-order valence-corrected chi connectivity index (χ1v) is 5.89. The van der Waals surface area contributed by atoms with Gasteiger partial charge in [0.15, 0.2) is 4.67 Å². The van der Waals surface area contributed by atoms with Gasteiger partial charge in [0.05, 0.1) is 17.5 Å². The van der Waals surface area contributed by atoms with Crippen molar-refractivity contribution in [1.82, 2.24) is 4.98 Å². The van der Waals surface area contributed by atoms with Crippen LogP contribution in [0.2, 0.25) is 0 Å². The molecular formula is C11H10BrNO4. The Morgan fingerprint density at radius 2 is 2.35 bits per heavy atom. The molecule has 0 unspecified atom stereocenters. The van der Waals surface area contributed by atoms with E-state index >= 15 is 0 Å². The van der Waals surface area contributed by atoms with E-state index in [1.54, 1.807) is 6.07 Å². The largest absolute Gasteiger partial charge is 0.475 e. The number of halogens is 1. The molecule has 2 rings (SSSR count). The first-order valence-electron chi connectivity index (χ1n) is 5.09. The highest BCUT2D eigenvalue weighted by Crippen LogP contribution is 2.30. The van der Waals surface area contributed by atoms with Crippen LogP contribution in [0, 0.1) is 0 Å². The van der Waals surface area contributed by atoms with Crippen LogP contribution < -0.4 is 0 Å². The Bertz CT molecular complexity index is 543. The third-order valence-corrected chi connectivity index (χ3v) is 2.84. The molecule has 2 aromatic heterocycles. The molecule has 2 heterocycles. The molecule has 0 saturated carbocycles. The van der Waals surface area contributed by atoms with Crippen LogP contribution in [-0.4, -0.2) is 16.1 Å². The molecule has 2 aromatic rings. The van der Waals surface area contributed by atoms with Crippen LogP contribution >= 0.6 is 15.9 Å². The predicted molar refractivity (Wildman–Crippen MR) is 62.9 cm³/mol. The van der Waals surface area contributed by atoms with Crippen molar-refractivity contribution in [3.8, 4) is 11.5 Å². The van der Waals surface area contributed by atoms with Crippen molar-refractivity contribution in [2.24, 2.45) is 0 Å². The summed E-state index contributed by atoms with van der Waals surface area (Å²) < 4.78 is 10.8. The van der Waals surface area contributed by atoms with Gasteiger partial charge in [0.1, 0.15) is 0 Å². The van der Waals surface area contributed by atoms with Crippen LogP contribution in [0.5, 0.6) is 0 Å². The molecule has 0 amide bonds. The monoisotopic (exact) mass is 299 g/mol. The Morgan fingerprint density at radius 3 is 2.88 bits per heavy atom. The maximum atomic E-state index is 11.0. The van der Waals surface area contributed by atoms with Crippen molar-refractivity contribution < 1.29 is 18.7 Å². The number of furan rings is 1. The lowest BCUT2D eigenvalue weighted by molar-refractivity contribution is 0.0661. The second-order valence-corrected chi connectivity index (χ2v) is 4.18. The molecule has 1 N–H and O–H groups in total. The maximum absolute atomic E-state index is 11.0. The van der Waals surface area contributed by atoms with Crippen LogP contribution in [0.15, 0.2) is 25.8 Å². The Kier molecular flexibility index (Phi) is 3.33. The summed E-state index contributed by atoms with van der Waals surface area (Å²) in [5, 5.41) is 9.00. The lowest BCUT2D eigenvalue weighted by Crippen LogP contribution is -1.99. The summed E-state index contributed by atoms with van der Waals surface area (Å²) in [6, 6.07) is 1.66. The van der Waals surface area contributed by atoms with Gasteiger partial charge in [-0.25, -0.2) is 9.78 Å². The fourth-order valence-corrected chi connectivity index (χ4v) is 1.90. The molecule has 5 nitrogen and oxygen atoms in total. The minimum atomic E-state index is -1.10. The number of carboxylic acids is 1. The molecule has 6 heteroatoms. The van der Waals surface area contributed by atoms with Gasteiger partial charge in [-0.05, 0) is 28.4 Å². The SMILES string of the molecule is CCCc1nc(-c2ccoc2Br)oc1C(=O)O. The number of aromatic carboxylic acids is 1. The number of oxazole rings is 1. The van der Waals surface area contributed by atoms with Gasteiger partial charge >= 0.3 is 5.97 Å². The summed E-state index contributed by atoms with van der Waals surface area (Å²) in [4.78, 5) is 15.2. The average molecular weight is 300 g/mol. The quantitative estimate of drug-likeness (QED) is 0.937. The van der Waals surface area contributed by atoms with Gasteiger partial charge < -0.3 is 13.9 Å². The maximum Gasteiger partial charge on any atom is 0.373 e. The zero-order chi connectivity index (χ0) is 12.4. The highest BCUT2D eigenvalue weighted by Gasteiger charge is 2.21. The molecule has 0 aliphatic rings. The Labute approximate surface area is 106 Å². The third-order valence-electron chi connectivity index (χ3n) is 2.23. The van der Waals surface area contributed by atoms with Crippen LogP contribution in [0.4, 0.5) is 0 Å². The van der Waals surface area contributed by atoms with Gasteiger partial charge in [0.2, 0.25) is 11.7 Å². The fraction of sp³-hybridized carbons (Fsp3) is 0.273. The number of hydrogen-bond donors (Lipinski definition) is 1. The number of hydrogen-bond acceptors (Lipinski definition) is 4. The highest BCUT2D eigenvalue weighted by atomic mass is 79.9. The first kappa shape index (κ1) is 11.9. The predicted octanol–water partition coefficient (Wildman–Crippen LogP) is 3.35. The summed E-state index contributed by atoms with van der Waals surface area (Å²) in [5.74, 6) is -0.951. The smallest absolute Gasteiger partial charge is 0.373 e. The summed E-state index contributed by atoms with van der Waals surface area (Å²) in [6.07, 6.45) is 2.85. The lowest BCUT2D eigenvalue weighted by Gasteiger charge is -1.91. The van der Waals surface area contributed by atoms with Crippen molar-refractivity contribution >= 4 is 21.9 Å². The van der Waals surface area contributed by atoms with Crippen molar-refractivity contribution in [2.45, 2.75) is 19.8 Å². The third kappa shape index (κ3) is 2.26. The van der Waals surface area contributed by atoms with E-state index in [0.29, 0.717) is 22.3 Å². The first-order chi connectivity index (χ1) is 8.13. The zero-order valence-corrected chi connectivity index (χ0v) is 10.7. The summed E-state index contributed by atoms with van der Waals surface area (Å²) in [6.45, 7) is 1.95. The van der Waals surface area contributed by atoms with Gasteiger partial charge in [-0.15, -0.1) is 0 Å². The second-order valence-electron chi connectivity index (χ2n) is 3.46. The fourth-order valence-electron chi connectivity index (χ4n) is 1.49. The molecule has 0 aliphatic heterocycles. The van der Waals surface area contributed by atoms with E-state index in [0.717, 1.165) is 6.42 Å². The van der Waals surface area contributed by atoms with Gasteiger partial charge in [0, 0.05) is 0 Å². The Morgan fingerprint density at radius 1 is 1.59 bits per heavy atom. The molecule has 0 aliphatic carbocycles. The lowest BCUT2D eigenvalue weighted by atomic mass is 10.2. The van der Waals surface area contributed by atoms with E-state index in [4.69, 9.17) is 13.9 Å². The number of aryl methyl sites for hydroxylation is 1. The molecule has 0 spiro atoms. The molecule has 17 heavy (non-hydrogen) atoms. The minimum absolute atomic E-state index is 0.102. The summed E-state index contributed by atoms with van der Waals surface area (Å²) >= 11 is 3.20. The van der Waals surface area contributed by atoms with Gasteiger partial charge in [-0.2, -0.15) is 0 Å². The second kappa shape index (κ2) is 4.75. The van der Waals surface area contributed by atoms with Gasteiger partial charge in [0.25, 0.3) is 0 Å². The summed E-state index contributed by atoms with van der Waals surface area (Å²) in [7, 11) is 0. The van der Waals surface area contributed by atoms with Crippen LogP contribution in [0.1, 0.15) is 29.6 Å². The topological polar surface area (TPSA) is 76.5 Å². The van der Waals surface area contributed by atoms with Crippen molar-refractivity contribution in [2.75, 3.05) is 0 Å². The van der Waals surface area contributed by atoms with Crippen LogP contribution in [0.3, 0.4) is 0 Å². The minimum Gasteiger partial charge on any atom is -0.475 e. The van der Waals surface area contributed by atoms with E-state index in [-0.39, 0.29) is 11.7 Å². The van der Waals surface area contributed by atoms with Crippen molar-refractivity contribution in [3.05, 3.63) is 28.5 Å².